The molecule has 0 spiro atoms. The summed E-state index contributed by atoms with van der Waals surface area (Å²) in [4.78, 5) is 2.13. The summed E-state index contributed by atoms with van der Waals surface area (Å²) >= 11 is 3.25. The molecule has 0 aliphatic rings. The van der Waals surface area contributed by atoms with Gasteiger partial charge in [-0.15, -0.1) is 22.7 Å². The third-order valence-corrected chi connectivity index (χ3v) is 3.99. The predicted octanol–water partition coefficient (Wildman–Crippen LogP) is 3.71. The number of nitrogens with zero attached hydrogens (tertiary/aromatic N) is 1. The van der Waals surface area contributed by atoms with E-state index >= 15 is 0 Å². The van der Waals surface area contributed by atoms with Crippen LogP contribution in [0.5, 0.6) is 0 Å². The Morgan fingerprint density at radius 3 is 2.38 bits per heavy atom. The summed E-state index contributed by atoms with van der Waals surface area (Å²) in [5.74, 6) is 1.21. The molecule has 0 amide bonds. The first-order valence-electron chi connectivity index (χ1n) is 4.69. The fraction of sp³-hybridized carbons (Fsp3) is 0. The molecule has 3 rings (SSSR count). The van der Waals surface area contributed by atoms with Crippen LogP contribution in [-0.2, 0) is 0 Å². The molecule has 2 N–H and O–H groups in total. The second-order valence-corrected chi connectivity index (χ2v) is 5.12. The van der Waals surface area contributed by atoms with Gasteiger partial charge >= 0.3 is 0 Å². The van der Waals surface area contributed by atoms with Gasteiger partial charge in [-0.1, -0.05) is 17.3 Å². The van der Waals surface area contributed by atoms with E-state index in [1.54, 1.807) is 22.7 Å². The average Bonchev–Trinajstić information content (AvgIpc) is 2.96. The van der Waals surface area contributed by atoms with Crippen molar-refractivity contribution in [2.24, 2.45) is 0 Å². The van der Waals surface area contributed by atoms with Crippen molar-refractivity contribution in [2.75, 3.05) is 5.73 Å². The normalized spacial score (nSPS) is 10.8. The Bertz CT molecular complexity index is 582. The second-order valence-electron chi connectivity index (χ2n) is 3.23. The second kappa shape index (κ2) is 3.77. The van der Waals surface area contributed by atoms with Crippen molar-refractivity contribution in [1.82, 2.24) is 5.16 Å². The predicted molar refractivity (Wildman–Crippen MR) is 67.5 cm³/mol. The standard InChI is InChI=1S/C11H8N2OS2/c12-11-9(7-3-1-5-15-7)10(14-13-11)8-4-2-6-16-8/h1-6H,(H2,12,13). The summed E-state index contributed by atoms with van der Waals surface area (Å²) in [6, 6.07) is 7.99. The molecule has 3 nitrogen and oxygen atoms in total. The van der Waals surface area contributed by atoms with Crippen LogP contribution in [0.15, 0.2) is 39.5 Å². The highest BCUT2D eigenvalue weighted by molar-refractivity contribution is 7.14. The molecule has 0 saturated carbocycles. The van der Waals surface area contributed by atoms with Crippen molar-refractivity contribution in [3.05, 3.63) is 35.0 Å². The molecule has 3 aromatic rings. The first kappa shape index (κ1) is 9.62. The number of nitrogen functional groups attached to an aromatic ring is 1. The Kier molecular flexibility index (Phi) is 2.27. The first-order valence-corrected chi connectivity index (χ1v) is 6.45. The summed E-state index contributed by atoms with van der Waals surface area (Å²) in [6.07, 6.45) is 0. The molecule has 0 saturated heterocycles. The van der Waals surface area contributed by atoms with Gasteiger partial charge < -0.3 is 10.3 Å². The number of hydrogen-bond donors (Lipinski definition) is 1. The topological polar surface area (TPSA) is 52.0 Å². The maximum atomic E-state index is 5.85. The molecule has 0 fully saturated rings. The molecule has 0 unspecified atom stereocenters. The number of aromatic nitrogens is 1. The van der Waals surface area contributed by atoms with Crippen LogP contribution >= 0.6 is 22.7 Å². The number of rotatable bonds is 2. The summed E-state index contributed by atoms with van der Waals surface area (Å²) < 4.78 is 5.31. The molecular weight excluding hydrogens is 240 g/mol. The van der Waals surface area contributed by atoms with Crippen LogP contribution in [0.25, 0.3) is 21.1 Å². The van der Waals surface area contributed by atoms with Gasteiger partial charge in [-0.3, -0.25) is 0 Å². The maximum Gasteiger partial charge on any atom is 0.187 e. The van der Waals surface area contributed by atoms with E-state index in [4.69, 9.17) is 10.3 Å². The Balaban J connectivity index is 2.21. The molecular formula is C11H8N2OS2. The molecule has 0 radical (unpaired) electrons. The Labute approximate surface area is 100 Å². The van der Waals surface area contributed by atoms with Crippen LogP contribution < -0.4 is 5.73 Å². The third-order valence-electron chi connectivity index (χ3n) is 2.23. The van der Waals surface area contributed by atoms with Gasteiger partial charge in [-0.25, -0.2) is 0 Å². The van der Waals surface area contributed by atoms with Crippen LogP contribution in [-0.4, -0.2) is 5.16 Å². The fourth-order valence-electron chi connectivity index (χ4n) is 1.54. The van der Waals surface area contributed by atoms with E-state index in [1.807, 2.05) is 35.0 Å². The number of anilines is 1. The van der Waals surface area contributed by atoms with Gasteiger partial charge in [0.05, 0.1) is 10.4 Å². The highest BCUT2D eigenvalue weighted by atomic mass is 32.1. The Morgan fingerprint density at radius 1 is 1.06 bits per heavy atom. The largest absolute Gasteiger partial charge is 0.380 e. The summed E-state index contributed by atoms with van der Waals surface area (Å²) in [5, 5.41) is 7.86. The zero-order valence-electron chi connectivity index (χ0n) is 8.21. The van der Waals surface area contributed by atoms with Gasteiger partial charge in [-0.05, 0) is 22.9 Å². The van der Waals surface area contributed by atoms with E-state index in [2.05, 4.69) is 5.16 Å². The average molecular weight is 248 g/mol. The summed E-state index contributed by atoms with van der Waals surface area (Å²) in [7, 11) is 0. The Hall–Kier alpha value is -1.59. The fourth-order valence-corrected chi connectivity index (χ4v) is 3.02. The van der Waals surface area contributed by atoms with Gasteiger partial charge in [0.1, 0.15) is 0 Å². The van der Waals surface area contributed by atoms with Gasteiger partial charge in [0.15, 0.2) is 11.6 Å². The number of thiophene rings is 2. The molecule has 80 valence electrons. The van der Waals surface area contributed by atoms with E-state index in [0.717, 1.165) is 21.1 Å². The van der Waals surface area contributed by atoms with E-state index in [1.165, 1.54) is 0 Å². The van der Waals surface area contributed by atoms with Crippen LogP contribution in [0.3, 0.4) is 0 Å². The van der Waals surface area contributed by atoms with Crippen molar-refractivity contribution in [3.63, 3.8) is 0 Å². The van der Waals surface area contributed by atoms with Crippen LogP contribution in [0.1, 0.15) is 0 Å². The molecule has 0 atom stereocenters. The zero-order chi connectivity index (χ0) is 11.0. The third kappa shape index (κ3) is 1.45. The van der Waals surface area contributed by atoms with E-state index in [-0.39, 0.29) is 0 Å². The lowest BCUT2D eigenvalue weighted by molar-refractivity contribution is 0.437. The zero-order valence-corrected chi connectivity index (χ0v) is 9.85. The van der Waals surface area contributed by atoms with Crippen molar-refractivity contribution in [3.8, 4) is 21.1 Å². The lowest BCUT2D eigenvalue weighted by atomic mass is 10.2. The molecule has 5 heteroatoms. The van der Waals surface area contributed by atoms with Crippen LogP contribution in [0.4, 0.5) is 5.82 Å². The van der Waals surface area contributed by atoms with Crippen LogP contribution in [0.2, 0.25) is 0 Å². The summed E-state index contributed by atoms with van der Waals surface area (Å²) in [6.45, 7) is 0. The highest BCUT2D eigenvalue weighted by Crippen LogP contribution is 2.40. The SMILES string of the molecule is Nc1noc(-c2cccs2)c1-c1cccs1. The quantitative estimate of drug-likeness (QED) is 0.752. The number of nitrogens with two attached hydrogens (primary N) is 1. The van der Waals surface area contributed by atoms with E-state index in [0.29, 0.717) is 5.82 Å². The van der Waals surface area contributed by atoms with E-state index < -0.39 is 0 Å². The van der Waals surface area contributed by atoms with Crippen molar-refractivity contribution in [1.29, 1.82) is 0 Å². The van der Waals surface area contributed by atoms with Gasteiger partial charge in [-0.2, -0.15) is 0 Å². The molecule has 3 aromatic heterocycles. The maximum absolute atomic E-state index is 5.85. The molecule has 0 aliphatic carbocycles. The minimum Gasteiger partial charge on any atom is -0.380 e. The van der Waals surface area contributed by atoms with Gasteiger partial charge in [0, 0.05) is 4.88 Å². The molecule has 16 heavy (non-hydrogen) atoms. The van der Waals surface area contributed by atoms with Crippen molar-refractivity contribution >= 4 is 28.5 Å². The smallest absolute Gasteiger partial charge is 0.187 e. The van der Waals surface area contributed by atoms with Gasteiger partial charge in [0.25, 0.3) is 0 Å². The summed E-state index contributed by atoms with van der Waals surface area (Å²) in [5.41, 5.74) is 6.75. The monoisotopic (exact) mass is 248 g/mol. The number of hydrogen-bond acceptors (Lipinski definition) is 5. The highest BCUT2D eigenvalue weighted by Gasteiger charge is 2.18. The minimum atomic E-state index is 0.450. The minimum absolute atomic E-state index is 0.450. The van der Waals surface area contributed by atoms with E-state index in [9.17, 15) is 0 Å². The molecule has 0 aliphatic heterocycles. The lowest BCUT2D eigenvalue weighted by Crippen LogP contribution is -1.86. The van der Waals surface area contributed by atoms with Crippen LogP contribution in [0, 0.1) is 0 Å². The van der Waals surface area contributed by atoms with Crippen molar-refractivity contribution in [2.45, 2.75) is 0 Å². The molecule has 0 bridgehead atoms. The molecule has 0 aromatic carbocycles. The first-order chi connectivity index (χ1) is 7.86. The molecule has 3 heterocycles. The van der Waals surface area contributed by atoms with Crippen molar-refractivity contribution < 1.29 is 4.52 Å². The van der Waals surface area contributed by atoms with Gasteiger partial charge in [0.2, 0.25) is 0 Å². The lowest BCUT2D eigenvalue weighted by Gasteiger charge is -1.96. The Morgan fingerprint density at radius 2 is 1.75 bits per heavy atom.